The van der Waals surface area contributed by atoms with Crippen LogP contribution in [0.1, 0.15) is 26.5 Å². The van der Waals surface area contributed by atoms with E-state index in [0.29, 0.717) is 16.3 Å². The normalized spacial score (nSPS) is 10.4. The van der Waals surface area contributed by atoms with Crippen LogP contribution >= 0.6 is 11.6 Å². The van der Waals surface area contributed by atoms with Crippen molar-refractivity contribution in [3.63, 3.8) is 0 Å². The Morgan fingerprint density at radius 1 is 1.10 bits per heavy atom. The number of nitrogens with zero attached hydrogens (tertiary/aromatic N) is 1. The van der Waals surface area contributed by atoms with Crippen LogP contribution in [-0.2, 0) is 9.53 Å². The minimum Gasteiger partial charge on any atom is -0.496 e. The molecule has 154 valence electrons. The summed E-state index contributed by atoms with van der Waals surface area (Å²) in [6.07, 6.45) is 0. The number of rotatable bonds is 6. The van der Waals surface area contributed by atoms with Gasteiger partial charge in [-0.05, 0) is 25.1 Å². The van der Waals surface area contributed by atoms with Gasteiger partial charge in [-0.3, -0.25) is 14.9 Å². The smallest absolute Gasteiger partial charge is 0.344 e. The highest BCUT2D eigenvalue weighted by molar-refractivity contribution is 6.33. The van der Waals surface area contributed by atoms with Crippen molar-refractivity contribution in [2.24, 2.45) is 0 Å². The molecule has 3 rings (SSSR count). The van der Waals surface area contributed by atoms with Gasteiger partial charge in [0.1, 0.15) is 22.8 Å². The van der Waals surface area contributed by atoms with Gasteiger partial charge in [-0.25, -0.2) is 4.79 Å². The van der Waals surface area contributed by atoms with Crippen LogP contribution in [0.5, 0.6) is 5.75 Å². The topological polar surface area (TPSA) is 108 Å². The van der Waals surface area contributed by atoms with Crippen molar-refractivity contribution in [3.05, 3.63) is 70.4 Å². The Morgan fingerprint density at radius 2 is 1.80 bits per heavy atom. The zero-order chi connectivity index (χ0) is 21.7. The van der Waals surface area contributed by atoms with E-state index in [4.69, 9.17) is 25.6 Å². The largest absolute Gasteiger partial charge is 0.496 e. The molecule has 2 amide bonds. The number of aromatic nitrogens is 1. The number of esters is 1. The molecule has 0 radical (unpaired) electrons. The van der Waals surface area contributed by atoms with Crippen molar-refractivity contribution in [1.82, 2.24) is 10.5 Å². The van der Waals surface area contributed by atoms with E-state index in [1.165, 1.54) is 20.1 Å². The molecule has 2 aromatic carbocycles. The molecule has 0 saturated carbocycles. The molecule has 9 heteroatoms. The molecule has 30 heavy (non-hydrogen) atoms. The molecule has 0 aliphatic rings. The van der Waals surface area contributed by atoms with E-state index in [9.17, 15) is 14.4 Å². The van der Waals surface area contributed by atoms with Crippen LogP contribution in [0.15, 0.2) is 53.1 Å². The number of methoxy groups -OCH3 is 1. The van der Waals surface area contributed by atoms with Crippen molar-refractivity contribution in [3.8, 4) is 17.0 Å². The summed E-state index contributed by atoms with van der Waals surface area (Å²) in [6, 6.07) is 13.2. The first-order chi connectivity index (χ1) is 14.4. The lowest BCUT2D eigenvalue weighted by Gasteiger charge is -2.09. The van der Waals surface area contributed by atoms with Gasteiger partial charge in [0.05, 0.1) is 17.7 Å². The Kier molecular flexibility index (Phi) is 6.48. The minimum atomic E-state index is -0.830. The second-order valence-corrected chi connectivity index (χ2v) is 6.50. The first-order valence-electron chi connectivity index (χ1n) is 8.78. The minimum absolute atomic E-state index is 0.0481. The quantitative estimate of drug-likeness (QED) is 0.599. The van der Waals surface area contributed by atoms with Crippen LogP contribution in [0, 0.1) is 6.92 Å². The number of carbonyl (C=O) groups excluding carboxylic acids is 3. The number of benzene rings is 2. The number of halogens is 1. The first kappa shape index (κ1) is 21.1. The van der Waals surface area contributed by atoms with Crippen LogP contribution in [0.4, 0.5) is 0 Å². The molecule has 1 N–H and O–H groups in total. The zero-order valence-corrected chi connectivity index (χ0v) is 16.9. The van der Waals surface area contributed by atoms with Crippen molar-refractivity contribution in [1.29, 1.82) is 0 Å². The highest BCUT2D eigenvalue weighted by Crippen LogP contribution is 2.31. The molecule has 0 fully saturated rings. The molecule has 1 aromatic heterocycles. The summed E-state index contributed by atoms with van der Waals surface area (Å²) in [5, 5.41) is 6.39. The van der Waals surface area contributed by atoms with Gasteiger partial charge in [0.2, 0.25) is 0 Å². The summed E-state index contributed by atoms with van der Waals surface area (Å²) in [6.45, 7) is 0.863. The molecule has 0 aliphatic heterocycles. The fraction of sp³-hybridized carbons (Fsp3) is 0.143. The third kappa shape index (κ3) is 4.49. The second kappa shape index (κ2) is 9.23. The third-order valence-corrected chi connectivity index (χ3v) is 4.46. The van der Waals surface area contributed by atoms with Crippen LogP contribution in [0.2, 0.25) is 5.02 Å². The number of hydrogen-bond acceptors (Lipinski definition) is 7. The Morgan fingerprint density at radius 3 is 2.53 bits per heavy atom. The van der Waals surface area contributed by atoms with Crippen LogP contribution in [-0.4, -0.2) is 36.7 Å². The van der Waals surface area contributed by atoms with E-state index < -0.39 is 24.4 Å². The molecular formula is C21H17ClN2O6. The molecule has 1 heterocycles. The van der Waals surface area contributed by atoms with E-state index in [-0.39, 0.29) is 22.6 Å². The van der Waals surface area contributed by atoms with Gasteiger partial charge in [0.25, 0.3) is 11.8 Å². The fourth-order valence-electron chi connectivity index (χ4n) is 2.72. The monoisotopic (exact) mass is 428 g/mol. The summed E-state index contributed by atoms with van der Waals surface area (Å²) >= 11 is 6.17. The van der Waals surface area contributed by atoms with E-state index >= 15 is 0 Å². The molecule has 0 atom stereocenters. The maximum absolute atomic E-state index is 12.5. The summed E-state index contributed by atoms with van der Waals surface area (Å²) in [5.74, 6) is -1.78. The molecular weight excluding hydrogens is 412 g/mol. The van der Waals surface area contributed by atoms with Crippen molar-refractivity contribution < 1.29 is 28.4 Å². The van der Waals surface area contributed by atoms with Gasteiger partial charge in [-0.1, -0.05) is 47.1 Å². The fourth-order valence-corrected chi connectivity index (χ4v) is 2.94. The zero-order valence-electron chi connectivity index (χ0n) is 16.1. The molecule has 0 spiro atoms. The summed E-state index contributed by atoms with van der Waals surface area (Å²) in [4.78, 5) is 36.9. The SMILES string of the molecule is COc1ccccc1C(=O)NC(=O)COC(=O)c1c(-c2ccccc2Cl)noc1C. The van der Waals surface area contributed by atoms with Crippen LogP contribution in [0.3, 0.4) is 0 Å². The summed E-state index contributed by atoms with van der Waals surface area (Å²) in [5.41, 5.74) is 0.912. The molecule has 0 saturated heterocycles. The Bertz CT molecular complexity index is 1110. The van der Waals surface area contributed by atoms with Crippen LogP contribution < -0.4 is 10.1 Å². The maximum Gasteiger partial charge on any atom is 0.344 e. The Labute approximate surface area is 176 Å². The number of carbonyl (C=O) groups is 3. The third-order valence-electron chi connectivity index (χ3n) is 4.13. The van der Waals surface area contributed by atoms with E-state index in [1.807, 2.05) is 0 Å². The highest BCUT2D eigenvalue weighted by atomic mass is 35.5. The van der Waals surface area contributed by atoms with Gasteiger partial charge in [0, 0.05) is 5.56 Å². The van der Waals surface area contributed by atoms with Gasteiger partial charge in [-0.15, -0.1) is 0 Å². The number of para-hydroxylation sites is 1. The number of hydrogen-bond donors (Lipinski definition) is 1. The van der Waals surface area contributed by atoms with Gasteiger partial charge < -0.3 is 14.0 Å². The molecule has 0 bridgehead atoms. The Hall–Kier alpha value is -3.65. The number of nitrogens with one attached hydrogen (secondary N) is 1. The lowest BCUT2D eigenvalue weighted by Crippen LogP contribution is -2.34. The van der Waals surface area contributed by atoms with Gasteiger partial charge >= 0.3 is 5.97 Å². The molecule has 3 aromatic rings. The molecule has 0 aliphatic carbocycles. The average molecular weight is 429 g/mol. The predicted octanol–water partition coefficient (Wildman–Crippen LogP) is 3.43. The predicted molar refractivity (Wildman–Crippen MR) is 107 cm³/mol. The average Bonchev–Trinajstić information content (AvgIpc) is 3.13. The lowest BCUT2D eigenvalue weighted by atomic mass is 10.1. The number of imide groups is 1. The number of aryl methyl sites for hydroxylation is 1. The van der Waals surface area contributed by atoms with Crippen molar-refractivity contribution >= 4 is 29.4 Å². The maximum atomic E-state index is 12.5. The standard InChI is InChI=1S/C21H17ClN2O6/c1-12-18(19(24-30-12)13-7-3-5-9-15(13)22)21(27)29-11-17(25)23-20(26)14-8-4-6-10-16(14)28-2/h3-10H,11H2,1-2H3,(H,23,25,26). The van der Waals surface area contributed by atoms with E-state index in [1.54, 1.807) is 42.5 Å². The van der Waals surface area contributed by atoms with Gasteiger partial charge in [0.15, 0.2) is 6.61 Å². The summed E-state index contributed by atoms with van der Waals surface area (Å²) < 4.78 is 15.2. The second-order valence-electron chi connectivity index (χ2n) is 6.10. The number of ether oxygens (including phenoxy) is 2. The first-order valence-corrected chi connectivity index (χ1v) is 9.15. The Balaban J connectivity index is 1.68. The number of amides is 2. The highest BCUT2D eigenvalue weighted by Gasteiger charge is 2.25. The van der Waals surface area contributed by atoms with Crippen LogP contribution in [0.25, 0.3) is 11.3 Å². The summed E-state index contributed by atoms with van der Waals surface area (Å²) in [7, 11) is 1.41. The van der Waals surface area contributed by atoms with Crippen molar-refractivity contribution in [2.75, 3.05) is 13.7 Å². The lowest BCUT2D eigenvalue weighted by molar-refractivity contribution is -0.123. The van der Waals surface area contributed by atoms with E-state index in [0.717, 1.165) is 0 Å². The van der Waals surface area contributed by atoms with Crippen molar-refractivity contribution in [2.45, 2.75) is 6.92 Å². The molecule has 8 nitrogen and oxygen atoms in total. The molecule has 0 unspecified atom stereocenters. The van der Waals surface area contributed by atoms with Gasteiger partial charge in [-0.2, -0.15) is 0 Å². The van der Waals surface area contributed by atoms with E-state index in [2.05, 4.69) is 10.5 Å².